The van der Waals surface area contributed by atoms with Crippen LogP contribution < -0.4 is 5.73 Å². The number of aliphatic hydroxyl groups excluding tert-OH is 1. The molecule has 0 radical (unpaired) electrons. The molecule has 0 rings (SSSR count). The monoisotopic (exact) mass is 297 g/mol. The lowest BCUT2D eigenvalue weighted by Crippen LogP contribution is -2.09. The molecule has 0 aliphatic rings. The molecule has 0 heterocycles. The van der Waals surface area contributed by atoms with Crippen LogP contribution in [0.3, 0.4) is 0 Å². The highest BCUT2D eigenvalue weighted by Crippen LogP contribution is 2.10. The topological polar surface area (TPSA) is 63.3 Å². The standard InChI is InChI=1S/C18H35NO2/c1-2-3-4-11-14-17(20)15-12-9-7-5-6-8-10-13-16-18(19)21/h9,12,17,20H,2-8,10-11,13-16H2,1H3,(H2,19,21)/t17-/m1/s1. The van der Waals surface area contributed by atoms with Crippen molar-refractivity contribution in [2.75, 3.05) is 0 Å². The highest BCUT2D eigenvalue weighted by atomic mass is 16.3. The summed E-state index contributed by atoms with van der Waals surface area (Å²) in [7, 11) is 0. The van der Waals surface area contributed by atoms with Gasteiger partial charge in [-0.15, -0.1) is 0 Å². The molecule has 3 N–H and O–H groups in total. The van der Waals surface area contributed by atoms with Gasteiger partial charge < -0.3 is 10.8 Å². The number of allylic oxidation sites excluding steroid dienone is 1. The molecule has 3 heteroatoms. The molecule has 0 bridgehead atoms. The molecule has 0 saturated heterocycles. The number of nitrogens with two attached hydrogens (primary N) is 1. The summed E-state index contributed by atoms with van der Waals surface area (Å²) in [5.74, 6) is -0.189. The van der Waals surface area contributed by atoms with Gasteiger partial charge in [0.25, 0.3) is 0 Å². The van der Waals surface area contributed by atoms with Gasteiger partial charge in [-0.25, -0.2) is 0 Å². The van der Waals surface area contributed by atoms with Crippen molar-refractivity contribution < 1.29 is 9.90 Å². The zero-order chi connectivity index (χ0) is 15.8. The van der Waals surface area contributed by atoms with E-state index in [4.69, 9.17) is 5.73 Å². The Labute approximate surface area is 131 Å². The van der Waals surface area contributed by atoms with Crippen molar-refractivity contribution in [3.05, 3.63) is 12.2 Å². The van der Waals surface area contributed by atoms with Crippen LogP contribution in [0.25, 0.3) is 0 Å². The summed E-state index contributed by atoms with van der Waals surface area (Å²) in [6.07, 6.45) is 18.0. The van der Waals surface area contributed by atoms with Gasteiger partial charge >= 0.3 is 0 Å². The molecular weight excluding hydrogens is 262 g/mol. The number of carbonyl (C=O) groups is 1. The van der Waals surface area contributed by atoms with Crippen molar-refractivity contribution >= 4 is 5.91 Å². The summed E-state index contributed by atoms with van der Waals surface area (Å²) in [5, 5.41) is 9.80. The number of carbonyl (C=O) groups excluding carboxylic acids is 1. The van der Waals surface area contributed by atoms with Crippen LogP contribution in [0.2, 0.25) is 0 Å². The van der Waals surface area contributed by atoms with E-state index in [2.05, 4.69) is 19.1 Å². The van der Waals surface area contributed by atoms with E-state index in [1.807, 2.05) is 0 Å². The van der Waals surface area contributed by atoms with Crippen molar-refractivity contribution in [3.8, 4) is 0 Å². The van der Waals surface area contributed by atoms with Crippen molar-refractivity contribution in [3.63, 3.8) is 0 Å². The Morgan fingerprint density at radius 2 is 1.67 bits per heavy atom. The molecule has 0 aliphatic carbocycles. The number of unbranched alkanes of at least 4 members (excludes halogenated alkanes) is 8. The predicted molar refractivity (Wildman–Crippen MR) is 90.0 cm³/mol. The number of primary amides is 1. The fraction of sp³-hybridized carbons (Fsp3) is 0.833. The smallest absolute Gasteiger partial charge is 0.217 e. The van der Waals surface area contributed by atoms with Gasteiger partial charge in [0.15, 0.2) is 0 Å². The Morgan fingerprint density at radius 1 is 1.00 bits per heavy atom. The lowest BCUT2D eigenvalue weighted by molar-refractivity contribution is -0.118. The molecule has 3 nitrogen and oxygen atoms in total. The van der Waals surface area contributed by atoms with Crippen LogP contribution in [0.5, 0.6) is 0 Å². The predicted octanol–water partition coefficient (Wildman–Crippen LogP) is 4.48. The Bertz CT molecular complexity index is 264. The summed E-state index contributed by atoms with van der Waals surface area (Å²) < 4.78 is 0. The quantitative estimate of drug-likeness (QED) is 0.346. The van der Waals surface area contributed by atoms with Crippen LogP contribution >= 0.6 is 0 Å². The molecule has 0 saturated carbocycles. The van der Waals surface area contributed by atoms with Gasteiger partial charge in [-0.05, 0) is 32.1 Å². The number of aliphatic hydroxyl groups is 1. The van der Waals surface area contributed by atoms with Gasteiger partial charge in [0.2, 0.25) is 5.91 Å². The van der Waals surface area contributed by atoms with Gasteiger partial charge in [-0.3, -0.25) is 4.79 Å². The van der Waals surface area contributed by atoms with E-state index >= 15 is 0 Å². The second-order valence-electron chi connectivity index (χ2n) is 5.98. The normalized spacial score (nSPS) is 12.9. The maximum atomic E-state index is 10.6. The Morgan fingerprint density at radius 3 is 2.38 bits per heavy atom. The van der Waals surface area contributed by atoms with Crippen LogP contribution in [0.15, 0.2) is 12.2 Å². The molecule has 1 amide bonds. The first-order valence-electron chi connectivity index (χ1n) is 8.78. The van der Waals surface area contributed by atoms with Crippen molar-refractivity contribution in [2.45, 2.75) is 96.5 Å². The fourth-order valence-corrected chi connectivity index (χ4v) is 2.39. The van der Waals surface area contributed by atoms with Crippen LogP contribution in [0.4, 0.5) is 0 Å². The maximum absolute atomic E-state index is 10.6. The SMILES string of the molecule is CCCCCC[C@@H](O)CC=CCCCCCCCC(N)=O. The Balaban J connectivity index is 3.26. The third kappa shape index (κ3) is 17.1. The highest BCUT2D eigenvalue weighted by Gasteiger charge is 2.00. The fourth-order valence-electron chi connectivity index (χ4n) is 2.39. The second kappa shape index (κ2) is 15.6. The van der Waals surface area contributed by atoms with Gasteiger partial charge in [0.1, 0.15) is 0 Å². The lowest BCUT2D eigenvalue weighted by Gasteiger charge is -2.07. The molecular formula is C18H35NO2. The molecule has 0 aromatic carbocycles. The molecule has 0 aliphatic heterocycles. The summed E-state index contributed by atoms with van der Waals surface area (Å²) in [6, 6.07) is 0. The lowest BCUT2D eigenvalue weighted by atomic mass is 10.1. The molecule has 21 heavy (non-hydrogen) atoms. The average molecular weight is 297 g/mol. The number of amides is 1. The van der Waals surface area contributed by atoms with Crippen LogP contribution in [0.1, 0.15) is 90.4 Å². The van der Waals surface area contributed by atoms with Gasteiger partial charge in [-0.2, -0.15) is 0 Å². The van der Waals surface area contributed by atoms with Crippen LogP contribution in [0, 0.1) is 0 Å². The van der Waals surface area contributed by atoms with Crippen molar-refractivity contribution in [1.29, 1.82) is 0 Å². The first-order chi connectivity index (χ1) is 10.2. The molecule has 0 fully saturated rings. The zero-order valence-corrected chi connectivity index (χ0v) is 13.9. The van der Waals surface area contributed by atoms with Crippen LogP contribution in [-0.4, -0.2) is 17.1 Å². The number of hydrogen-bond donors (Lipinski definition) is 2. The molecule has 124 valence electrons. The summed E-state index contributed by atoms with van der Waals surface area (Å²) in [6.45, 7) is 2.21. The number of hydrogen-bond acceptors (Lipinski definition) is 2. The van der Waals surface area contributed by atoms with Crippen LogP contribution in [-0.2, 0) is 4.79 Å². The minimum absolute atomic E-state index is 0.160. The third-order valence-corrected chi connectivity index (χ3v) is 3.76. The average Bonchev–Trinajstić information content (AvgIpc) is 2.45. The van der Waals surface area contributed by atoms with E-state index in [0.29, 0.717) is 6.42 Å². The first-order valence-corrected chi connectivity index (χ1v) is 8.78. The van der Waals surface area contributed by atoms with Gasteiger partial charge in [-0.1, -0.05) is 64.0 Å². The first kappa shape index (κ1) is 20.2. The van der Waals surface area contributed by atoms with E-state index in [0.717, 1.165) is 38.5 Å². The third-order valence-electron chi connectivity index (χ3n) is 3.76. The minimum Gasteiger partial charge on any atom is -0.393 e. The molecule has 0 spiro atoms. The largest absolute Gasteiger partial charge is 0.393 e. The Kier molecular flexibility index (Phi) is 14.9. The summed E-state index contributed by atoms with van der Waals surface area (Å²) in [4.78, 5) is 10.6. The minimum atomic E-state index is -0.189. The molecule has 0 aromatic rings. The van der Waals surface area contributed by atoms with E-state index < -0.39 is 0 Å². The zero-order valence-electron chi connectivity index (χ0n) is 13.9. The summed E-state index contributed by atoms with van der Waals surface area (Å²) in [5.41, 5.74) is 5.09. The summed E-state index contributed by atoms with van der Waals surface area (Å²) >= 11 is 0. The highest BCUT2D eigenvalue weighted by molar-refractivity contribution is 5.73. The molecule has 0 unspecified atom stereocenters. The van der Waals surface area contributed by atoms with Gasteiger partial charge in [0, 0.05) is 6.42 Å². The maximum Gasteiger partial charge on any atom is 0.217 e. The van der Waals surface area contributed by atoms with Crippen molar-refractivity contribution in [1.82, 2.24) is 0 Å². The van der Waals surface area contributed by atoms with Crippen molar-refractivity contribution in [2.24, 2.45) is 5.73 Å². The second-order valence-corrected chi connectivity index (χ2v) is 5.98. The van der Waals surface area contributed by atoms with E-state index in [1.54, 1.807) is 0 Å². The molecule has 1 atom stereocenters. The van der Waals surface area contributed by atoms with E-state index in [1.165, 1.54) is 38.5 Å². The Hall–Kier alpha value is -0.830. The van der Waals surface area contributed by atoms with E-state index in [-0.39, 0.29) is 12.0 Å². The van der Waals surface area contributed by atoms with E-state index in [9.17, 15) is 9.90 Å². The number of rotatable bonds is 15. The van der Waals surface area contributed by atoms with Gasteiger partial charge in [0.05, 0.1) is 6.10 Å². The molecule has 0 aromatic heterocycles.